The van der Waals surface area contributed by atoms with Crippen molar-refractivity contribution in [2.45, 2.75) is 12.8 Å². The largest absolute Gasteiger partial charge is 0.326 e. The lowest BCUT2D eigenvalue weighted by Gasteiger charge is -2.21. The number of hydrogen-bond acceptors (Lipinski definition) is 3. The number of imidazole rings is 1. The molecule has 0 radical (unpaired) electrons. The zero-order valence-electron chi connectivity index (χ0n) is 11.6. The maximum atomic E-state index is 12.2. The monoisotopic (exact) mass is 304 g/mol. The van der Waals surface area contributed by atoms with Gasteiger partial charge in [-0.1, -0.05) is 11.6 Å². The number of carbonyl (C=O) groups is 1. The summed E-state index contributed by atoms with van der Waals surface area (Å²) in [5.41, 5.74) is 1.57. The minimum absolute atomic E-state index is 0.0722. The lowest BCUT2D eigenvalue weighted by molar-refractivity contribution is -0.120. The third-order valence-electron chi connectivity index (χ3n) is 3.71. The molecule has 1 aromatic heterocycles. The molecule has 0 aliphatic carbocycles. The van der Waals surface area contributed by atoms with Gasteiger partial charge in [-0.3, -0.25) is 4.79 Å². The van der Waals surface area contributed by atoms with E-state index in [0.29, 0.717) is 5.02 Å². The molecule has 1 aliphatic heterocycles. The molecular formula is C15H17ClN4O. The van der Waals surface area contributed by atoms with Gasteiger partial charge < -0.3 is 15.2 Å². The van der Waals surface area contributed by atoms with Crippen molar-refractivity contribution in [2.75, 3.05) is 18.4 Å². The minimum atomic E-state index is 0.0722. The summed E-state index contributed by atoms with van der Waals surface area (Å²) in [6, 6.07) is 5.51. The zero-order chi connectivity index (χ0) is 14.7. The Hall–Kier alpha value is -1.85. The predicted molar refractivity (Wildman–Crippen MR) is 82.8 cm³/mol. The van der Waals surface area contributed by atoms with Gasteiger partial charge in [0.2, 0.25) is 5.91 Å². The van der Waals surface area contributed by atoms with E-state index >= 15 is 0 Å². The van der Waals surface area contributed by atoms with E-state index < -0.39 is 0 Å². The normalized spacial score (nSPS) is 15.9. The first kappa shape index (κ1) is 14.1. The highest BCUT2D eigenvalue weighted by Gasteiger charge is 2.21. The van der Waals surface area contributed by atoms with Gasteiger partial charge in [0.15, 0.2) is 0 Å². The summed E-state index contributed by atoms with van der Waals surface area (Å²) < 4.78 is 1.83. The van der Waals surface area contributed by atoms with Crippen molar-refractivity contribution in [2.24, 2.45) is 5.92 Å². The summed E-state index contributed by atoms with van der Waals surface area (Å²) in [4.78, 5) is 16.2. The quantitative estimate of drug-likeness (QED) is 0.916. The molecule has 0 unspecified atom stereocenters. The van der Waals surface area contributed by atoms with Crippen LogP contribution in [0, 0.1) is 5.92 Å². The number of hydrogen-bond donors (Lipinski definition) is 2. The van der Waals surface area contributed by atoms with Crippen LogP contribution in [0.1, 0.15) is 12.8 Å². The molecular weight excluding hydrogens is 288 g/mol. The van der Waals surface area contributed by atoms with E-state index in [9.17, 15) is 4.79 Å². The van der Waals surface area contributed by atoms with Crippen molar-refractivity contribution in [1.82, 2.24) is 14.9 Å². The SMILES string of the molecule is O=C(Nc1ccc(-n2ccnc2)c(Cl)c1)C1CCNCC1. The second-order valence-electron chi connectivity index (χ2n) is 5.15. The minimum Gasteiger partial charge on any atom is -0.326 e. The molecule has 2 N–H and O–H groups in total. The highest BCUT2D eigenvalue weighted by atomic mass is 35.5. The summed E-state index contributed by atoms with van der Waals surface area (Å²) in [7, 11) is 0. The molecule has 5 nitrogen and oxygen atoms in total. The topological polar surface area (TPSA) is 59.0 Å². The van der Waals surface area contributed by atoms with Crippen molar-refractivity contribution >= 4 is 23.2 Å². The number of carbonyl (C=O) groups excluding carboxylic acids is 1. The summed E-state index contributed by atoms with van der Waals surface area (Å²) in [6.07, 6.45) is 6.98. The molecule has 2 aromatic rings. The fourth-order valence-electron chi connectivity index (χ4n) is 2.52. The van der Waals surface area contributed by atoms with Gasteiger partial charge in [0, 0.05) is 24.0 Å². The number of nitrogens with zero attached hydrogens (tertiary/aromatic N) is 2. The summed E-state index contributed by atoms with van der Waals surface area (Å²) >= 11 is 6.28. The van der Waals surface area contributed by atoms with Crippen LogP contribution in [0.5, 0.6) is 0 Å². The maximum Gasteiger partial charge on any atom is 0.227 e. The number of piperidine rings is 1. The number of amides is 1. The van der Waals surface area contributed by atoms with Gasteiger partial charge >= 0.3 is 0 Å². The van der Waals surface area contributed by atoms with E-state index in [4.69, 9.17) is 11.6 Å². The maximum absolute atomic E-state index is 12.2. The Morgan fingerprint density at radius 2 is 2.19 bits per heavy atom. The zero-order valence-corrected chi connectivity index (χ0v) is 12.3. The molecule has 2 heterocycles. The number of nitrogens with one attached hydrogen (secondary N) is 2. The smallest absolute Gasteiger partial charge is 0.227 e. The second kappa shape index (κ2) is 6.28. The standard InChI is InChI=1S/C15H17ClN4O/c16-13-9-12(1-2-14(13)20-8-7-18-10-20)19-15(21)11-3-5-17-6-4-11/h1-2,7-11,17H,3-6H2,(H,19,21). The summed E-state index contributed by atoms with van der Waals surface area (Å²) in [6.45, 7) is 1.80. The molecule has 21 heavy (non-hydrogen) atoms. The highest BCUT2D eigenvalue weighted by Crippen LogP contribution is 2.25. The molecule has 110 valence electrons. The molecule has 1 fully saturated rings. The Bertz CT molecular complexity index is 621. The van der Waals surface area contributed by atoms with Gasteiger partial charge in [-0.2, -0.15) is 0 Å². The number of rotatable bonds is 3. The lowest BCUT2D eigenvalue weighted by Crippen LogP contribution is -2.34. The average Bonchev–Trinajstić information content (AvgIpc) is 3.02. The fourth-order valence-corrected chi connectivity index (χ4v) is 2.80. The molecule has 1 aliphatic rings. The average molecular weight is 305 g/mol. The Balaban J connectivity index is 1.72. The molecule has 1 amide bonds. The van der Waals surface area contributed by atoms with E-state index in [1.54, 1.807) is 18.6 Å². The van der Waals surface area contributed by atoms with Crippen LogP contribution in [0.2, 0.25) is 5.02 Å². The first-order valence-electron chi connectivity index (χ1n) is 7.03. The Kier molecular flexibility index (Phi) is 4.22. The van der Waals surface area contributed by atoms with Crippen molar-refractivity contribution in [3.8, 4) is 5.69 Å². The first-order chi connectivity index (χ1) is 10.2. The molecule has 1 aromatic carbocycles. The van der Waals surface area contributed by atoms with Crippen LogP contribution < -0.4 is 10.6 Å². The Morgan fingerprint density at radius 1 is 1.38 bits per heavy atom. The number of aromatic nitrogens is 2. The Morgan fingerprint density at radius 3 is 2.86 bits per heavy atom. The third kappa shape index (κ3) is 3.25. The van der Waals surface area contributed by atoms with Crippen molar-refractivity contribution in [1.29, 1.82) is 0 Å². The van der Waals surface area contributed by atoms with Crippen LogP contribution in [-0.4, -0.2) is 28.5 Å². The van der Waals surface area contributed by atoms with Crippen LogP contribution in [-0.2, 0) is 4.79 Å². The van der Waals surface area contributed by atoms with Gasteiger partial charge in [-0.25, -0.2) is 4.98 Å². The first-order valence-corrected chi connectivity index (χ1v) is 7.41. The van der Waals surface area contributed by atoms with E-state index in [1.807, 2.05) is 22.9 Å². The van der Waals surface area contributed by atoms with Crippen LogP contribution in [0.4, 0.5) is 5.69 Å². The Labute approximate surface area is 128 Å². The number of anilines is 1. The molecule has 0 spiro atoms. The van der Waals surface area contributed by atoms with Gasteiger partial charge in [-0.15, -0.1) is 0 Å². The fraction of sp³-hybridized carbons (Fsp3) is 0.333. The van der Waals surface area contributed by atoms with Crippen LogP contribution >= 0.6 is 11.6 Å². The summed E-state index contributed by atoms with van der Waals surface area (Å²) in [5.74, 6) is 0.154. The van der Waals surface area contributed by atoms with E-state index in [-0.39, 0.29) is 11.8 Å². The second-order valence-corrected chi connectivity index (χ2v) is 5.56. The molecule has 0 atom stereocenters. The third-order valence-corrected chi connectivity index (χ3v) is 4.01. The van der Waals surface area contributed by atoms with Crippen LogP contribution in [0.15, 0.2) is 36.9 Å². The molecule has 3 rings (SSSR count). The predicted octanol–water partition coefficient (Wildman–Crippen LogP) is 2.46. The van der Waals surface area contributed by atoms with Gasteiger partial charge in [0.25, 0.3) is 0 Å². The number of halogens is 1. The number of benzene rings is 1. The van der Waals surface area contributed by atoms with E-state index in [2.05, 4.69) is 15.6 Å². The molecule has 0 saturated carbocycles. The van der Waals surface area contributed by atoms with Gasteiger partial charge in [-0.05, 0) is 44.1 Å². The van der Waals surface area contributed by atoms with Crippen molar-refractivity contribution in [3.05, 3.63) is 41.9 Å². The van der Waals surface area contributed by atoms with E-state index in [0.717, 1.165) is 37.3 Å². The molecule has 6 heteroatoms. The van der Waals surface area contributed by atoms with Crippen molar-refractivity contribution in [3.63, 3.8) is 0 Å². The van der Waals surface area contributed by atoms with Crippen molar-refractivity contribution < 1.29 is 4.79 Å². The van der Waals surface area contributed by atoms with Gasteiger partial charge in [0.1, 0.15) is 0 Å². The van der Waals surface area contributed by atoms with E-state index in [1.165, 1.54) is 0 Å². The summed E-state index contributed by atoms with van der Waals surface area (Å²) in [5, 5.41) is 6.78. The van der Waals surface area contributed by atoms with Crippen LogP contribution in [0.3, 0.4) is 0 Å². The lowest BCUT2D eigenvalue weighted by atomic mass is 9.97. The van der Waals surface area contributed by atoms with Crippen LogP contribution in [0.25, 0.3) is 5.69 Å². The van der Waals surface area contributed by atoms with Gasteiger partial charge in [0.05, 0.1) is 17.0 Å². The highest BCUT2D eigenvalue weighted by molar-refractivity contribution is 6.32. The molecule has 0 bridgehead atoms. The molecule has 1 saturated heterocycles.